The first-order chi connectivity index (χ1) is 21.5. The van der Waals surface area contributed by atoms with Gasteiger partial charge >= 0.3 is 13.5 Å². The number of hydrogen-bond acceptors (Lipinski definition) is 14. The molecule has 1 aliphatic heterocycles. The van der Waals surface area contributed by atoms with E-state index in [-0.39, 0.29) is 43.0 Å². The number of nitrogen functional groups attached to an aromatic ring is 1. The minimum absolute atomic E-state index is 0.0616. The highest BCUT2D eigenvalue weighted by molar-refractivity contribution is 8.44. The fraction of sp³-hybridized carbons (Fsp3) is 0.478. The van der Waals surface area contributed by atoms with Crippen molar-refractivity contribution in [3.05, 3.63) is 41.7 Å². The van der Waals surface area contributed by atoms with Crippen LogP contribution in [-0.2, 0) is 39.2 Å². The van der Waals surface area contributed by atoms with E-state index >= 15 is 0 Å². The smallest absolute Gasteiger partial charge is 0.382 e. The largest absolute Gasteiger partial charge is 0.386 e. The van der Waals surface area contributed by atoms with Gasteiger partial charge in [-0.3, -0.25) is 13.9 Å². The van der Waals surface area contributed by atoms with Crippen LogP contribution in [0.25, 0.3) is 28.1 Å². The van der Waals surface area contributed by atoms with Crippen molar-refractivity contribution in [2.24, 2.45) is 5.92 Å². The Labute approximate surface area is 264 Å². The van der Waals surface area contributed by atoms with Crippen LogP contribution in [0, 0.1) is 5.92 Å². The summed E-state index contributed by atoms with van der Waals surface area (Å²) in [5, 5.41) is 0. The molecule has 6 heterocycles. The first-order valence-corrected chi connectivity index (χ1v) is 19.0. The lowest BCUT2D eigenvalue weighted by atomic mass is 9.81. The molecule has 1 aliphatic carbocycles. The average molecular weight is 699 g/mol. The lowest BCUT2D eigenvalue weighted by molar-refractivity contribution is -0.0380. The molecule has 2 fully saturated rings. The van der Waals surface area contributed by atoms with E-state index in [1.165, 1.54) is 24.2 Å². The Balaban J connectivity index is 1.00. The number of thiol groups is 1. The molecule has 0 amide bonds. The van der Waals surface area contributed by atoms with Crippen LogP contribution >= 0.6 is 25.8 Å². The van der Waals surface area contributed by atoms with E-state index in [0.29, 0.717) is 40.9 Å². The first-order valence-electron chi connectivity index (χ1n) is 13.7. The molecule has 22 heteroatoms. The number of nitrogens with zero attached hydrogens (tertiary/aromatic N) is 8. The number of rotatable bonds is 11. The quantitative estimate of drug-likeness (QED) is 0.115. The maximum atomic E-state index is 13.4. The third kappa shape index (κ3) is 5.95. The van der Waals surface area contributed by atoms with Crippen LogP contribution in [0.15, 0.2) is 36.2 Å². The van der Waals surface area contributed by atoms with Crippen molar-refractivity contribution in [3.8, 4) is 0 Å². The Morgan fingerprint density at radius 3 is 2.71 bits per heavy atom. The molecule has 0 radical (unpaired) electrons. The monoisotopic (exact) mass is 698 g/mol. The number of anilines is 1. The van der Waals surface area contributed by atoms with Gasteiger partial charge < -0.3 is 38.5 Å². The Morgan fingerprint density at radius 2 is 1.91 bits per heavy atom. The van der Waals surface area contributed by atoms with Crippen molar-refractivity contribution in [2.45, 2.75) is 43.7 Å². The highest BCUT2D eigenvalue weighted by Crippen LogP contribution is 2.57. The molecule has 1 saturated carbocycles. The molecular formula is C23H28N10O8P2S2. The van der Waals surface area contributed by atoms with Gasteiger partial charge in [0.25, 0.3) is 5.56 Å². The van der Waals surface area contributed by atoms with Crippen molar-refractivity contribution in [1.82, 2.24) is 43.4 Å². The van der Waals surface area contributed by atoms with Crippen LogP contribution in [-0.4, -0.2) is 80.9 Å². The molecule has 1 saturated heterocycles. The van der Waals surface area contributed by atoms with Gasteiger partial charge in [0, 0.05) is 32.0 Å². The summed E-state index contributed by atoms with van der Waals surface area (Å²) in [5.74, 6) is 0.708. The van der Waals surface area contributed by atoms with Gasteiger partial charge in [0.1, 0.15) is 35.9 Å². The number of H-pyrrole nitrogens is 1. The first kappa shape index (κ1) is 30.9. The molecule has 2 unspecified atom stereocenters. The fourth-order valence-electron chi connectivity index (χ4n) is 5.60. The van der Waals surface area contributed by atoms with E-state index in [1.807, 2.05) is 4.57 Å². The molecule has 5 atom stereocenters. The second-order valence-electron chi connectivity index (χ2n) is 10.7. The zero-order valence-electron chi connectivity index (χ0n) is 23.5. The van der Waals surface area contributed by atoms with Crippen molar-refractivity contribution < 1.29 is 32.3 Å². The van der Waals surface area contributed by atoms with Crippen LogP contribution in [0.1, 0.15) is 31.5 Å². The van der Waals surface area contributed by atoms with Gasteiger partial charge in [-0.15, -0.1) is 0 Å². The molecule has 0 spiro atoms. The third-order valence-corrected chi connectivity index (χ3v) is 11.3. The maximum Gasteiger partial charge on any atom is 0.386 e. The van der Waals surface area contributed by atoms with Crippen LogP contribution in [0.2, 0.25) is 0 Å². The molecule has 4 N–H and O–H groups in total. The summed E-state index contributed by atoms with van der Waals surface area (Å²) in [6.07, 6.45) is 6.85. The van der Waals surface area contributed by atoms with Crippen molar-refractivity contribution in [2.75, 3.05) is 26.1 Å². The van der Waals surface area contributed by atoms with Crippen LogP contribution < -0.4 is 11.3 Å². The summed E-state index contributed by atoms with van der Waals surface area (Å²) in [6, 6.07) is 0.0616. The highest BCUT2D eigenvalue weighted by Gasteiger charge is 2.43. The normalized spacial score (nSPS) is 26.3. The standard InChI is InChI=1S/C23H28N10O8P2S2/c1-37-42(35,44)39-8-15-14(6-16(40-15)33-11-28-17-19(24)26-9-27-20(17)33)41-43(36,45)38-7-12-4-13(5-12)32-10-29-18-21(32)30-23-25-2-3-31(23)22(18)34/h2-3,9-16H,4-8H2,1H3,(H,25,30)(H,35,44)(H,36,45)(H2,24,26,27)/t12?,13?,14-,15+,16+,42?,43?/m0/s1. The van der Waals surface area contributed by atoms with Gasteiger partial charge in [-0.25, -0.2) is 33.9 Å². The van der Waals surface area contributed by atoms with E-state index in [4.69, 9.17) is 40.4 Å². The summed E-state index contributed by atoms with van der Waals surface area (Å²) >= 11 is 9.19. The molecule has 240 valence electrons. The van der Waals surface area contributed by atoms with Gasteiger partial charge in [0.05, 0.1) is 25.9 Å². The molecule has 5 aromatic rings. The topological polar surface area (TPSA) is 221 Å². The van der Waals surface area contributed by atoms with Gasteiger partial charge in [-0.1, -0.05) is 12.2 Å². The predicted molar refractivity (Wildman–Crippen MR) is 166 cm³/mol. The molecule has 0 aromatic carbocycles. The Hall–Kier alpha value is -2.77. The van der Waals surface area contributed by atoms with E-state index in [2.05, 4.69) is 42.2 Å². The SMILES string of the molecule is COP(O)(=S)OC[C@H]1O[C@@H](n2cnc3c(N)ncnc32)C[C@@H]1OP(=O)(S)OCC1CC(n2cnc3c(=O)n4ccnc4[nH]c32)C1. The lowest BCUT2D eigenvalue weighted by Crippen LogP contribution is -2.30. The van der Waals surface area contributed by atoms with Gasteiger partial charge in [0.15, 0.2) is 17.0 Å². The third-order valence-electron chi connectivity index (χ3n) is 7.94. The average Bonchev–Trinajstić information content (AvgIpc) is 3.78. The summed E-state index contributed by atoms with van der Waals surface area (Å²) in [6.45, 7) is -7.48. The van der Waals surface area contributed by atoms with Crippen LogP contribution in [0.5, 0.6) is 0 Å². The fourth-order valence-corrected chi connectivity index (χ4v) is 7.81. The minimum atomic E-state index is -3.89. The summed E-state index contributed by atoms with van der Waals surface area (Å²) < 4.78 is 46.4. The zero-order valence-corrected chi connectivity index (χ0v) is 27.0. The second kappa shape index (κ2) is 11.8. The molecule has 2 aliphatic rings. The number of ether oxygens (including phenoxy) is 1. The number of nitrogens with one attached hydrogen (secondary N) is 1. The number of nitrogens with two attached hydrogens (primary N) is 1. The summed E-state index contributed by atoms with van der Waals surface area (Å²) in [5.41, 5.74) is 7.43. The van der Waals surface area contributed by atoms with Crippen molar-refractivity contribution in [3.63, 3.8) is 0 Å². The van der Waals surface area contributed by atoms with E-state index in [9.17, 15) is 14.3 Å². The second-order valence-corrected chi connectivity index (χ2v) is 16.5. The Kier molecular flexibility index (Phi) is 8.09. The van der Waals surface area contributed by atoms with Crippen LogP contribution in [0.4, 0.5) is 5.82 Å². The summed E-state index contributed by atoms with van der Waals surface area (Å²) in [4.78, 5) is 46.9. The van der Waals surface area contributed by atoms with E-state index in [0.717, 1.165) is 0 Å². The predicted octanol–water partition coefficient (Wildman–Crippen LogP) is 2.35. The number of fused-ring (bicyclic) bond motifs is 3. The van der Waals surface area contributed by atoms with E-state index < -0.39 is 32.0 Å². The lowest BCUT2D eigenvalue weighted by Gasteiger charge is -2.36. The number of aromatic nitrogens is 9. The number of aromatic amines is 1. The molecule has 18 nitrogen and oxygen atoms in total. The van der Waals surface area contributed by atoms with Gasteiger partial charge in [-0.05, 0) is 30.6 Å². The Morgan fingerprint density at radius 1 is 1.13 bits per heavy atom. The molecule has 7 rings (SSSR count). The van der Waals surface area contributed by atoms with Gasteiger partial charge in [-0.2, -0.15) is 0 Å². The number of imidazole rings is 3. The van der Waals surface area contributed by atoms with Crippen molar-refractivity contribution >= 4 is 71.5 Å². The number of hydrogen-bond donors (Lipinski definition) is 4. The van der Waals surface area contributed by atoms with Crippen molar-refractivity contribution in [1.29, 1.82) is 0 Å². The molecule has 0 bridgehead atoms. The summed E-state index contributed by atoms with van der Waals surface area (Å²) in [7, 11) is 1.24. The highest BCUT2D eigenvalue weighted by atomic mass is 32.7. The maximum absolute atomic E-state index is 13.4. The molecule has 5 aromatic heterocycles. The Bertz CT molecular complexity index is 2040. The zero-order chi connectivity index (χ0) is 31.5. The molecule has 45 heavy (non-hydrogen) atoms. The molecular weight excluding hydrogens is 670 g/mol. The van der Waals surface area contributed by atoms with Gasteiger partial charge in [0.2, 0.25) is 5.78 Å². The van der Waals surface area contributed by atoms with Crippen LogP contribution in [0.3, 0.4) is 0 Å². The minimum Gasteiger partial charge on any atom is -0.382 e. The van der Waals surface area contributed by atoms with E-state index in [1.54, 1.807) is 23.3 Å².